The maximum absolute atomic E-state index is 12.6. The van der Waals surface area contributed by atoms with Gasteiger partial charge in [-0.15, -0.1) is 0 Å². The largest absolute Gasteiger partial charge is 0.481 e. The van der Waals surface area contributed by atoms with E-state index in [1.807, 2.05) is 12.1 Å². The van der Waals surface area contributed by atoms with Gasteiger partial charge in [0, 0.05) is 37.3 Å². The normalized spacial score (nSPS) is 21.4. The molecular formula is C29H41N3O5. The molecule has 2 aromatic rings. The van der Waals surface area contributed by atoms with E-state index in [0.717, 1.165) is 75.0 Å². The molecule has 1 aromatic heterocycles. The third-order valence-corrected chi connectivity index (χ3v) is 8.33. The van der Waals surface area contributed by atoms with Gasteiger partial charge in [0.2, 0.25) is 5.91 Å². The van der Waals surface area contributed by atoms with Crippen LogP contribution >= 0.6 is 0 Å². The number of fused-ring (bicyclic) bond motifs is 3. The Kier molecular flexibility index (Phi) is 8.66. The molecule has 2 N–H and O–H groups in total. The zero-order valence-electron chi connectivity index (χ0n) is 21.9. The number of amides is 1. The van der Waals surface area contributed by atoms with Crippen molar-refractivity contribution in [2.45, 2.75) is 70.3 Å². The van der Waals surface area contributed by atoms with Crippen molar-refractivity contribution in [3.8, 4) is 5.75 Å². The molecule has 0 radical (unpaired) electrons. The molecule has 1 aliphatic heterocycles. The Hall–Kier alpha value is -2.58. The number of nitrogens with zero attached hydrogens (tertiary/aromatic N) is 2. The van der Waals surface area contributed by atoms with Crippen molar-refractivity contribution < 1.29 is 23.8 Å². The lowest BCUT2D eigenvalue weighted by Crippen LogP contribution is -2.38. The maximum Gasteiger partial charge on any atom is 0.344 e. The Labute approximate surface area is 219 Å². The van der Waals surface area contributed by atoms with Gasteiger partial charge >= 0.3 is 5.97 Å². The minimum absolute atomic E-state index is 0.161. The van der Waals surface area contributed by atoms with Crippen molar-refractivity contribution >= 4 is 22.8 Å². The summed E-state index contributed by atoms with van der Waals surface area (Å²) in [6.45, 7) is 5.00. The second-order valence-corrected chi connectivity index (χ2v) is 10.8. The first-order chi connectivity index (χ1) is 18.1. The Morgan fingerprint density at radius 1 is 1.03 bits per heavy atom. The van der Waals surface area contributed by atoms with Gasteiger partial charge in [-0.2, -0.15) is 0 Å². The Morgan fingerprint density at radius 3 is 2.59 bits per heavy atom. The average Bonchev–Trinajstić information content (AvgIpc) is 3.06. The number of nitrogens with two attached hydrogens (primary N) is 1. The van der Waals surface area contributed by atoms with E-state index >= 15 is 0 Å². The first-order valence-corrected chi connectivity index (χ1v) is 14.1. The minimum Gasteiger partial charge on any atom is -0.481 e. The van der Waals surface area contributed by atoms with E-state index in [-0.39, 0.29) is 24.4 Å². The molecular weight excluding hydrogens is 470 g/mol. The molecule has 2 fully saturated rings. The average molecular weight is 512 g/mol. The highest BCUT2D eigenvalue weighted by atomic mass is 16.6. The molecule has 8 heteroatoms. The summed E-state index contributed by atoms with van der Waals surface area (Å²) in [4.78, 5) is 27.4. The number of carbonyl (C=O) groups excluding carboxylic acids is 2. The topological polar surface area (TPSA) is 96.0 Å². The molecule has 2 aliphatic carbocycles. The minimum atomic E-state index is -0.385. The van der Waals surface area contributed by atoms with Gasteiger partial charge in [0.25, 0.3) is 0 Å². The van der Waals surface area contributed by atoms with Crippen molar-refractivity contribution in [3.05, 3.63) is 29.5 Å². The first-order valence-electron chi connectivity index (χ1n) is 14.1. The van der Waals surface area contributed by atoms with Crippen LogP contribution in [0.4, 0.5) is 0 Å². The van der Waals surface area contributed by atoms with E-state index in [4.69, 9.17) is 19.9 Å². The summed E-state index contributed by atoms with van der Waals surface area (Å²) in [6, 6.07) is 6.01. The van der Waals surface area contributed by atoms with Crippen molar-refractivity contribution in [2.24, 2.45) is 11.7 Å². The third kappa shape index (κ3) is 6.12. The van der Waals surface area contributed by atoms with E-state index in [2.05, 4.69) is 15.5 Å². The predicted octanol–water partition coefficient (Wildman–Crippen LogP) is 3.77. The molecule has 0 bridgehead atoms. The number of ether oxygens (including phenoxy) is 3. The lowest BCUT2D eigenvalue weighted by atomic mass is 9.89. The van der Waals surface area contributed by atoms with Crippen molar-refractivity contribution in [3.63, 3.8) is 0 Å². The van der Waals surface area contributed by atoms with Crippen LogP contribution < -0.4 is 10.5 Å². The molecule has 37 heavy (non-hydrogen) atoms. The summed E-state index contributed by atoms with van der Waals surface area (Å²) in [5, 5.41) is 0.945. The van der Waals surface area contributed by atoms with Crippen LogP contribution in [0, 0.1) is 5.92 Å². The SMILES string of the molecule is NC(=O)C1CCCCc2c1c1c(OCC(=O)OCCN3CCOCC3)cccc1n2CC1CCCCC1. The van der Waals surface area contributed by atoms with Crippen LogP contribution in [0.15, 0.2) is 18.2 Å². The molecule has 8 nitrogen and oxygen atoms in total. The van der Waals surface area contributed by atoms with Crippen LogP contribution in [0.3, 0.4) is 0 Å². The highest BCUT2D eigenvalue weighted by Gasteiger charge is 2.32. The molecule has 1 unspecified atom stereocenters. The van der Waals surface area contributed by atoms with Gasteiger partial charge in [-0.1, -0.05) is 31.7 Å². The molecule has 1 saturated heterocycles. The van der Waals surface area contributed by atoms with Crippen LogP contribution in [0.1, 0.15) is 68.5 Å². The Morgan fingerprint density at radius 2 is 1.81 bits per heavy atom. The van der Waals surface area contributed by atoms with Crippen molar-refractivity contribution in [2.75, 3.05) is 46.1 Å². The van der Waals surface area contributed by atoms with Gasteiger partial charge in [0.1, 0.15) is 12.4 Å². The zero-order valence-corrected chi connectivity index (χ0v) is 21.9. The van der Waals surface area contributed by atoms with Crippen LogP contribution in [-0.4, -0.2) is 67.4 Å². The number of morpholine rings is 1. The lowest BCUT2D eigenvalue weighted by Gasteiger charge is -2.26. The summed E-state index contributed by atoms with van der Waals surface area (Å²) >= 11 is 0. The second-order valence-electron chi connectivity index (χ2n) is 10.8. The second kappa shape index (κ2) is 12.3. The number of primary amides is 1. The van der Waals surface area contributed by atoms with E-state index in [1.165, 1.54) is 37.8 Å². The van der Waals surface area contributed by atoms with E-state index in [1.54, 1.807) is 0 Å². The third-order valence-electron chi connectivity index (χ3n) is 8.33. The van der Waals surface area contributed by atoms with E-state index in [9.17, 15) is 9.59 Å². The smallest absolute Gasteiger partial charge is 0.344 e. The molecule has 3 aliphatic rings. The van der Waals surface area contributed by atoms with Gasteiger partial charge in [-0.05, 0) is 55.7 Å². The lowest BCUT2D eigenvalue weighted by molar-refractivity contribution is -0.146. The van der Waals surface area contributed by atoms with E-state index < -0.39 is 0 Å². The van der Waals surface area contributed by atoms with Crippen LogP contribution in [0.2, 0.25) is 0 Å². The molecule has 1 amide bonds. The Balaban J connectivity index is 1.37. The highest BCUT2D eigenvalue weighted by molar-refractivity contribution is 5.97. The van der Waals surface area contributed by atoms with Crippen LogP contribution in [0.5, 0.6) is 5.75 Å². The number of hydrogen-bond donors (Lipinski definition) is 1. The summed E-state index contributed by atoms with van der Waals surface area (Å²) in [5.74, 6) is 0.281. The standard InChI is InChI=1S/C29H41N3O5/c30-29(34)22-9-4-5-10-23-27(22)28-24(32(23)19-21-7-2-1-3-8-21)11-6-12-25(28)37-20-26(33)36-18-15-31-13-16-35-17-14-31/h6,11-12,21-22H,1-5,7-10,13-20H2,(H2,30,34). The number of rotatable bonds is 9. The summed E-state index contributed by atoms with van der Waals surface area (Å²) < 4.78 is 19.3. The van der Waals surface area contributed by atoms with Gasteiger partial charge in [-0.3, -0.25) is 9.69 Å². The number of esters is 1. The predicted molar refractivity (Wildman–Crippen MR) is 142 cm³/mol. The first kappa shape index (κ1) is 26.0. The number of hydrogen-bond acceptors (Lipinski definition) is 6. The molecule has 1 aromatic carbocycles. The molecule has 5 rings (SSSR count). The summed E-state index contributed by atoms with van der Waals surface area (Å²) in [6.07, 6.45) is 10.1. The Bertz CT molecular complexity index is 1080. The summed E-state index contributed by atoms with van der Waals surface area (Å²) in [7, 11) is 0. The fraction of sp³-hybridized carbons (Fsp3) is 0.655. The number of carbonyl (C=O) groups is 2. The van der Waals surface area contributed by atoms with Crippen LogP contribution in [0.25, 0.3) is 10.9 Å². The molecule has 1 atom stereocenters. The highest BCUT2D eigenvalue weighted by Crippen LogP contribution is 2.43. The van der Waals surface area contributed by atoms with Gasteiger partial charge in [-0.25, -0.2) is 4.79 Å². The van der Waals surface area contributed by atoms with E-state index in [0.29, 0.717) is 24.8 Å². The van der Waals surface area contributed by atoms with Crippen molar-refractivity contribution in [1.29, 1.82) is 0 Å². The van der Waals surface area contributed by atoms with Crippen LogP contribution in [-0.2, 0) is 32.0 Å². The van der Waals surface area contributed by atoms with Gasteiger partial charge in [0.15, 0.2) is 6.61 Å². The molecule has 1 saturated carbocycles. The quantitative estimate of drug-likeness (QED) is 0.407. The number of benzene rings is 1. The van der Waals surface area contributed by atoms with Crippen molar-refractivity contribution in [1.82, 2.24) is 9.47 Å². The molecule has 2 heterocycles. The summed E-state index contributed by atoms with van der Waals surface area (Å²) in [5.41, 5.74) is 9.28. The van der Waals surface area contributed by atoms with Gasteiger partial charge in [0.05, 0.1) is 24.6 Å². The maximum atomic E-state index is 12.6. The van der Waals surface area contributed by atoms with Gasteiger partial charge < -0.3 is 24.5 Å². The monoisotopic (exact) mass is 511 g/mol. The fourth-order valence-corrected chi connectivity index (χ4v) is 6.41. The zero-order chi connectivity index (χ0) is 25.6. The molecule has 202 valence electrons. The molecule has 0 spiro atoms. The number of aromatic nitrogens is 1. The fourth-order valence-electron chi connectivity index (χ4n) is 6.41.